The van der Waals surface area contributed by atoms with Crippen molar-refractivity contribution in [3.63, 3.8) is 0 Å². The predicted molar refractivity (Wildman–Crippen MR) is 119 cm³/mol. The Balaban J connectivity index is 1.48. The van der Waals surface area contributed by atoms with Gasteiger partial charge < -0.3 is 9.80 Å². The molecule has 2 heterocycles. The van der Waals surface area contributed by atoms with Crippen molar-refractivity contribution >= 4 is 23.3 Å². The minimum absolute atomic E-state index is 0.0739. The van der Waals surface area contributed by atoms with Gasteiger partial charge in [-0.2, -0.15) is 26.3 Å². The molecular formula is C23H20F6N4S. The van der Waals surface area contributed by atoms with Crippen molar-refractivity contribution < 1.29 is 26.3 Å². The smallest absolute Gasteiger partial charge is 0.368 e. The van der Waals surface area contributed by atoms with E-state index in [2.05, 4.69) is 14.9 Å². The number of rotatable bonds is 5. The summed E-state index contributed by atoms with van der Waals surface area (Å²) >= 11 is 0.952. The number of alkyl halides is 6. The number of aromatic nitrogens is 2. The fraction of sp³-hybridized carbons (Fsp3) is 0.304. The van der Waals surface area contributed by atoms with E-state index in [9.17, 15) is 26.3 Å². The molecule has 1 aromatic heterocycles. The number of para-hydroxylation sites is 1. The highest BCUT2D eigenvalue weighted by molar-refractivity contribution is 7.98. The average Bonchev–Trinajstić information content (AvgIpc) is 2.82. The lowest BCUT2D eigenvalue weighted by atomic mass is 10.1. The zero-order chi connectivity index (χ0) is 24.3. The Hall–Kier alpha value is -2.95. The summed E-state index contributed by atoms with van der Waals surface area (Å²) in [6.45, 7) is 2.24. The Morgan fingerprint density at radius 3 is 1.94 bits per heavy atom. The van der Waals surface area contributed by atoms with Gasteiger partial charge in [0.15, 0.2) is 10.9 Å². The van der Waals surface area contributed by atoms with Gasteiger partial charge in [0.1, 0.15) is 5.82 Å². The molecule has 0 atom stereocenters. The molecule has 180 valence electrons. The van der Waals surface area contributed by atoms with E-state index in [0.717, 1.165) is 35.6 Å². The summed E-state index contributed by atoms with van der Waals surface area (Å²) in [5.41, 5.74) is -0.253. The first kappa shape index (κ1) is 24.2. The Morgan fingerprint density at radius 1 is 0.735 bits per heavy atom. The maximum absolute atomic E-state index is 13.5. The quantitative estimate of drug-likeness (QED) is 0.240. The SMILES string of the molecule is FC(F)(F)c1ccc(CSc2nc(N3CCN(c4ccccc4)CC3)cc(C(F)(F)F)n2)cc1. The molecule has 0 unspecified atom stereocenters. The van der Waals surface area contributed by atoms with Crippen LogP contribution in [0.2, 0.25) is 0 Å². The molecule has 1 aliphatic heterocycles. The zero-order valence-corrected chi connectivity index (χ0v) is 18.6. The highest BCUT2D eigenvalue weighted by Gasteiger charge is 2.35. The monoisotopic (exact) mass is 498 g/mol. The average molecular weight is 498 g/mol. The second-order valence-corrected chi connectivity index (χ2v) is 8.63. The normalized spacial score (nSPS) is 15.0. The van der Waals surface area contributed by atoms with Crippen LogP contribution >= 0.6 is 11.8 Å². The largest absolute Gasteiger partial charge is 0.433 e. The van der Waals surface area contributed by atoms with Crippen LogP contribution in [-0.4, -0.2) is 36.1 Å². The molecule has 2 aromatic carbocycles. The third-order valence-electron chi connectivity index (χ3n) is 5.36. The number of anilines is 2. The van der Waals surface area contributed by atoms with E-state index in [1.165, 1.54) is 12.1 Å². The summed E-state index contributed by atoms with van der Waals surface area (Å²) in [6, 6.07) is 15.2. The third kappa shape index (κ3) is 5.94. The first-order chi connectivity index (χ1) is 16.1. The first-order valence-electron chi connectivity index (χ1n) is 10.4. The Bertz CT molecular complexity index is 1100. The van der Waals surface area contributed by atoms with Crippen LogP contribution in [0.4, 0.5) is 37.8 Å². The van der Waals surface area contributed by atoms with Crippen LogP contribution in [0, 0.1) is 0 Å². The number of thioether (sulfide) groups is 1. The van der Waals surface area contributed by atoms with Crippen molar-refractivity contribution in [1.82, 2.24) is 9.97 Å². The highest BCUT2D eigenvalue weighted by atomic mass is 32.2. The number of hydrogen-bond acceptors (Lipinski definition) is 5. The van der Waals surface area contributed by atoms with Crippen LogP contribution in [0.1, 0.15) is 16.8 Å². The van der Waals surface area contributed by atoms with E-state index in [1.807, 2.05) is 30.3 Å². The van der Waals surface area contributed by atoms with E-state index in [1.54, 1.807) is 4.90 Å². The van der Waals surface area contributed by atoms with Crippen LogP contribution in [-0.2, 0) is 18.1 Å². The van der Waals surface area contributed by atoms with Gasteiger partial charge in [0.25, 0.3) is 0 Å². The number of halogens is 6. The second kappa shape index (κ2) is 9.73. The van der Waals surface area contributed by atoms with Gasteiger partial charge in [-0.05, 0) is 29.8 Å². The Labute approximate surface area is 196 Å². The van der Waals surface area contributed by atoms with Gasteiger partial charge in [-0.25, -0.2) is 9.97 Å². The van der Waals surface area contributed by atoms with E-state index < -0.39 is 23.6 Å². The number of piperazine rings is 1. The maximum Gasteiger partial charge on any atom is 0.433 e. The lowest BCUT2D eigenvalue weighted by Gasteiger charge is -2.36. The summed E-state index contributed by atoms with van der Waals surface area (Å²) in [5, 5.41) is -0.0739. The topological polar surface area (TPSA) is 32.3 Å². The van der Waals surface area contributed by atoms with Crippen molar-refractivity contribution in [2.75, 3.05) is 36.0 Å². The lowest BCUT2D eigenvalue weighted by molar-refractivity contribution is -0.141. The molecule has 0 aliphatic carbocycles. The van der Waals surface area contributed by atoms with Gasteiger partial charge in [-0.15, -0.1) is 0 Å². The number of hydrogen-bond donors (Lipinski definition) is 0. The first-order valence-corrected chi connectivity index (χ1v) is 11.4. The molecular weight excluding hydrogens is 478 g/mol. The lowest BCUT2D eigenvalue weighted by Crippen LogP contribution is -2.47. The molecule has 4 rings (SSSR count). The molecule has 0 bridgehead atoms. The summed E-state index contributed by atoms with van der Waals surface area (Å²) in [7, 11) is 0. The number of benzene rings is 2. The van der Waals surface area contributed by atoms with Crippen LogP contribution in [0.5, 0.6) is 0 Å². The molecule has 1 aliphatic rings. The summed E-state index contributed by atoms with van der Waals surface area (Å²) in [6.07, 6.45) is -9.09. The van der Waals surface area contributed by atoms with Crippen molar-refractivity contribution in [3.8, 4) is 0 Å². The molecule has 0 amide bonds. The molecule has 3 aromatic rings. The van der Waals surface area contributed by atoms with Crippen molar-refractivity contribution in [2.45, 2.75) is 23.3 Å². The molecule has 1 saturated heterocycles. The summed E-state index contributed by atoms with van der Waals surface area (Å²) < 4.78 is 78.6. The summed E-state index contributed by atoms with van der Waals surface area (Å²) in [5.74, 6) is 0.325. The molecule has 0 N–H and O–H groups in total. The van der Waals surface area contributed by atoms with Gasteiger partial charge in [-0.1, -0.05) is 42.1 Å². The minimum atomic E-state index is -4.65. The fourth-order valence-electron chi connectivity index (χ4n) is 3.56. The van der Waals surface area contributed by atoms with Gasteiger partial charge in [-0.3, -0.25) is 0 Å². The van der Waals surface area contributed by atoms with Gasteiger partial charge >= 0.3 is 12.4 Å². The molecule has 11 heteroatoms. The molecule has 34 heavy (non-hydrogen) atoms. The van der Waals surface area contributed by atoms with Gasteiger partial charge in [0.05, 0.1) is 5.56 Å². The Kier molecular flexibility index (Phi) is 6.92. The summed E-state index contributed by atoms with van der Waals surface area (Å²) in [4.78, 5) is 11.9. The van der Waals surface area contributed by atoms with E-state index in [-0.39, 0.29) is 16.7 Å². The molecule has 0 spiro atoms. The minimum Gasteiger partial charge on any atom is -0.368 e. The molecule has 0 saturated carbocycles. The van der Waals surface area contributed by atoms with E-state index >= 15 is 0 Å². The van der Waals surface area contributed by atoms with E-state index in [4.69, 9.17) is 0 Å². The second-order valence-electron chi connectivity index (χ2n) is 7.68. The van der Waals surface area contributed by atoms with E-state index in [0.29, 0.717) is 31.7 Å². The van der Waals surface area contributed by atoms with Gasteiger partial charge in [0.2, 0.25) is 0 Å². The van der Waals surface area contributed by atoms with Crippen molar-refractivity contribution in [1.29, 1.82) is 0 Å². The molecule has 4 nitrogen and oxygen atoms in total. The molecule has 0 radical (unpaired) electrons. The third-order valence-corrected chi connectivity index (χ3v) is 6.28. The van der Waals surface area contributed by atoms with Crippen LogP contribution in [0.15, 0.2) is 65.8 Å². The predicted octanol–water partition coefficient (Wildman–Crippen LogP) is 6.13. The van der Waals surface area contributed by atoms with Crippen molar-refractivity contribution in [3.05, 3.63) is 77.5 Å². The zero-order valence-electron chi connectivity index (χ0n) is 17.8. The number of nitrogens with zero attached hydrogens (tertiary/aromatic N) is 4. The Morgan fingerprint density at radius 2 is 1.35 bits per heavy atom. The highest BCUT2D eigenvalue weighted by Crippen LogP contribution is 2.33. The molecule has 1 fully saturated rings. The van der Waals surface area contributed by atoms with Crippen molar-refractivity contribution in [2.24, 2.45) is 0 Å². The van der Waals surface area contributed by atoms with Crippen LogP contribution < -0.4 is 9.80 Å². The van der Waals surface area contributed by atoms with Crippen LogP contribution in [0.25, 0.3) is 0 Å². The standard InChI is InChI=1S/C23H20F6N4S/c24-22(25,26)17-8-6-16(7-9-17)15-34-21-30-19(23(27,28)29)14-20(31-21)33-12-10-32(11-13-33)18-4-2-1-3-5-18/h1-9,14H,10-13,15H2. The fourth-order valence-corrected chi connectivity index (χ4v) is 4.36. The van der Waals surface area contributed by atoms with Crippen LogP contribution in [0.3, 0.4) is 0 Å². The maximum atomic E-state index is 13.5. The van der Waals surface area contributed by atoms with Gasteiger partial charge in [0, 0.05) is 43.7 Å².